The molecule has 2 aromatic carbocycles. The highest BCUT2D eigenvalue weighted by Gasteiger charge is 2.16. The van der Waals surface area contributed by atoms with Crippen LogP contribution in [0.2, 0.25) is 0 Å². The summed E-state index contributed by atoms with van der Waals surface area (Å²) < 4.78 is 1.68. The lowest BCUT2D eigenvalue weighted by atomic mass is 10.1. The zero-order chi connectivity index (χ0) is 21.3. The monoisotopic (exact) mass is 399 g/mol. The van der Waals surface area contributed by atoms with Gasteiger partial charge in [0, 0.05) is 24.3 Å². The molecule has 2 aromatic heterocycles. The minimum atomic E-state index is -0.344. The summed E-state index contributed by atoms with van der Waals surface area (Å²) in [7, 11) is 1.81. The molecule has 4 aromatic rings. The van der Waals surface area contributed by atoms with E-state index in [1.807, 2.05) is 45.2 Å². The maximum Gasteiger partial charge on any atom is 0.257 e. The molecule has 0 saturated carbocycles. The molecular weight excluding hydrogens is 378 g/mol. The lowest BCUT2D eigenvalue weighted by Gasteiger charge is -2.12. The largest absolute Gasteiger partial charge is 0.322 e. The third kappa shape index (κ3) is 3.77. The Labute approximate surface area is 173 Å². The summed E-state index contributed by atoms with van der Waals surface area (Å²) >= 11 is 0. The fraction of sp³-hybridized carbons (Fsp3) is 0.130. The van der Waals surface area contributed by atoms with Gasteiger partial charge in [0.15, 0.2) is 5.65 Å². The van der Waals surface area contributed by atoms with Crippen molar-refractivity contribution in [2.24, 2.45) is 7.05 Å². The Balaban J connectivity index is 1.58. The fourth-order valence-corrected chi connectivity index (χ4v) is 3.34. The molecule has 7 heteroatoms. The third-order valence-corrected chi connectivity index (χ3v) is 4.82. The van der Waals surface area contributed by atoms with Crippen LogP contribution in [0.3, 0.4) is 0 Å². The zero-order valence-electron chi connectivity index (χ0n) is 16.9. The lowest BCUT2D eigenvalue weighted by Crippen LogP contribution is -2.18. The molecule has 150 valence electrons. The molecular formula is C23H21N5O2. The second-order valence-corrected chi connectivity index (χ2v) is 7.13. The van der Waals surface area contributed by atoms with Crippen LogP contribution in [-0.4, -0.2) is 26.6 Å². The van der Waals surface area contributed by atoms with E-state index in [1.165, 1.54) is 6.20 Å². The Hall–Kier alpha value is -4.00. The van der Waals surface area contributed by atoms with Gasteiger partial charge in [-0.15, -0.1) is 0 Å². The number of aromatic nitrogens is 3. The number of aryl methyl sites for hydroxylation is 3. The van der Waals surface area contributed by atoms with Gasteiger partial charge >= 0.3 is 0 Å². The Kier molecular flexibility index (Phi) is 5.02. The summed E-state index contributed by atoms with van der Waals surface area (Å²) in [6.45, 7) is 3.83. The molecule has 2 N–H and O–H groups in total. The molecule has 30 heavy (non-hydrogen) atoms. The summed E-state index contributed by atoms with van der Waals surface area (Å²) in [4.78, 5) is 30.0. The van der Waals surface area contributed by atoms with Crippen LogP contribution < -0.4 is 10.6 Å². The van der Waals surface area contributed by atoms with Crippen molar-refractivity contribution >= 4 is 34.2 Å². The van der Waals surface area contributed by atoms with Crippen LogP contribution >= 0.6 is 0 Å². The minimum Gasteiger partial charge on any atom is -0.322 e. The van der Waals surface area contributed by atoms with E-state index in [0.717, 1.165) is 16.6 Å². The number of anilines is 2. The number of carbonyl (C=O) groups excluding carboxylic acids is 2. The first-order valence-electron chi connectivity index (χ1n) is 9.50. The highest BCUT2D eigenvalue weighted by molar-refractivity contribution is 6.13. The number of nitrogens with zero attached hydrogens (tertiary/aromatic N) is 3. The van der Waals surface area contributed by atoms with E-state index in [2.05, 4.69) is 20.7 Å². The number of hydrogen-bond donors (Lipinski definition) is 2. The van der Waals surface area contributed by atoms with Gasteiger partial charge in [-0.2, -0.15) is 5.10 Å². The molecule has 0 atom stereocenters. The number of carbonyl (C=O) groups is 2. The quantitative estimate of drug-likeness (QED) is 0.541. The summed E-state index contributed by atoms with van der Waals surface area (Å²) in [6.07, 6.45) is 1.51. The average Bonchev–Trinajstić information content (AvgIpc) is 3.01. The molecule has 0 radical (unpaired) electrons. The van der Waals surface area contributed by atoms with E-state index in [4.69, 9.17) is 0 Å². The first kappa shape index (κ1) is 19.3. The van der Waals surface area contributed by atoms with Gasteiger partial charge in [0.05, 0.1) is 22.5 Å². The Morgan fingerprint density at radius 3 is 2.53 bits per heavy atom. The molecule has 0 fully saturated rings. The van der Waals surface area contributed by atoms with Crippen LogP contribution in [0, 0.1) is 13.8 Å². The van der Waals surface area contributed by atoms with Crippen LogP contribution in [0.1, 0.15) is 32.0 Å². The highest BCUT2D eigenvalue weighted by Crippen LogP contribution is 2.21. The summed E-state index contributed by atoms with van der Waals surface area (Å²) in [5.74, 6) is -0.642. The van der Waals surface area contributed by atoms with E-state index in [9.17, 15) is 9.59 Å². The molecule has 4 rings (SSSR count). The van der Waals surface area contributed by atoms with Gasteiger partial charge in [-0.1, -0.05) is 24.3 Å². The van der Waals surface area contributed by atoms with Gasteiger partial charge < -0.3 is 10.6 Å². The fourth-order valence-electron chi connectivity index (χ4n) is 3.34. The standard InChI is InChI=1S/C23H21N5O2/c1-14-7-6-8-17(11-14)25-23(30)18-9-4-5-10-20(18)26-22(29)16-12-19-15(2)27-28(3)21(19)24-13-16/h4-13H,1-3H3,(H,25,30)(H,26,29). The molecule has 2 amide bonds. The number of amides is 2. The smallest absolute Gasteiger partial charge is 0.257 e. The van der Waals surface area contributed by atoms with Crippen LogP contribution in [-0.2, 0) is 7.05 Å². The van der Waals surface area contributed by atoms with Crippen molar-refractivity contribution in [3.05, 3.63) is 83.2 Å². The Morgan fingerprint density at radius 1 is 0.933 bits per heavy atom. The van der Waals surface area contributed by atoms with E-state index < -0.39 is 0 Å². The molecule has 0 spiro atoms. The number of pyridine rings is 1. The lowest BCUT2D eigenvalue weighted by molar-refractivity contribution is 0.102. The SMILES string of the molecule is Cc1cccc(NC(=O)c2ccccc2NC(=O)c2cnc3c(c2)c(C)nn3C)c1. The normalized spacial score (nSPS) is 10.8. The number of hydrogen-bond acceptors (Lipinski definition) is 4. The van der Waals surface area contributed by atoms with Gasteiger partial charge in [0.1, 0.15) is 0 Å². The topological polar surface area (TPSA) is 88.9 Å². The van der Waals surface area contributed by atoms with Crippen molar-refractivity contribution in [3.63, 3.8) is 0 Å². The van der Waals surface area contributed by atoms with Gasteiger partial charge in [-0.25, -0.2) is 4.98 Å². The number of nitrogens with one attached hydrogen (secondary N) is 2. The molecule has 0 saturated heterocycles. The van der Waals surface area contributed by atoms with Crippen molar-refractivity contribution in [1.82, 2.24) is 14.8 Å². The third-order valence-electron chi connectivity index (χ3n) is 4.82. The predicted molar refractivity (Wildman–Crippen MR) is 117 cm³/mol. The maximum atomic E-state index is 12.8. The highest BCUT2D eigenvalue weighted by atomic mass is 16.2. The summed E-state index contributed by atoms with van der Waals surface area (Å²) in [6, 6.07) is 16.2. The predicted octanol–water partition coefficient (Wildman–Crippen LogP) is 4.09. The first-order valence-corrected chi connectivity index (χ1v) is 9.50. The molecule has 0 aliphatic rings. The van der Waals surface area contributed by atoms with Gasteiger partial charge in [0.25, 0.3) is 11.8 Å². The number of fused-ring (bicyclic) bond motifs is 1. The molecule has 0 unspecified atom stereocenters. The molecule has 0 aliphatic heterocycles. The molecule has 2 heterocycles. The van der Waals surface area contributed by atoms with Gasteiger partial charge in [0.2, 0.25) is 0 Å². The van der Waals surface area contributed by atoms with Crippen LogP contribution in [0.5, 0.6) is 0 Å². The summed E-state index contributed by atoms with van der Waals surface area (Å²) in [5, 5.41) is 10.8. The van der Waals surface area contributed by atoms with E-state index in [1.54, 1.807) is 35.0 Å². The maximum absolute atomic E-state index is 12.8. The van der Waals surface area contributed by atoms with E-state index in [-0.39, 0.29) is 11.8 Å². The van der Waals surface area contributed by atoms with Gasteiger partial charge in [-0.05, 0) is 49.7 Å². The minimum absolute atomic E-state index is 0.298. The van der Waals surface area contributed by atoms with Crippen LogP contribution in [0.25, 0.3) is 11.0 Å². The van der Waals surface area contributed by atoms with E-state index >= 15 is 0 Å². The van der Waals surface area contributed by atoms with E-state index in [0.29, 0.717) is 28.1 Å². The Morgan fingerprint density at radius 2 is 1.73 bits per heavy atom. The molecule has 0 aliphatic carbocycles. The first-order chi connectivity index (χ1) is 14.4. The molecule has 7 nitrogen and oxygen atoms in total. The van der Waals surface area contributed by atoms with Gasteiger partial charge in [-0.3, -0.25) is 14.3 Å². The van der Waals surface area contributed by atoms with Crippen LogP contribution in [0.15, 0.2) is 60.8 Å². The van der Waals surface area contributed by atoms with Crippen molar-refractivity contribution in [3.8, 4) is 0 Å². The number of rotatable bonds is 4. The van der Waals surface area contributed by atoms with Crippen molar-refractivity contribution in [2.75, 3.05) is 10.6 Å². The second kappa shape index (κ2) is 7.79. The average molecular weight is 399 g/mol. The van der Waals surface area contributed by atoms with Crippen molar-refractivity contribution in [1.29, 1.82) is 0 Å². The van der Waals surface area contributed by atoms with Crippen molar-refractivity contribution in [2.45, 2.75) is 13.8 Å². The Bertz CT molecular complexity index is 1280. The van der Waals surface area contributed by atoms with Crippen molar-refractivity contribution < 1.29 is 9.59 Å². The molecule has 0 bridgehead atoms. The number of para-hydroxylation sites is 1. The van der Waals surface area contributed by atoms with Crippen LogP contribution in [0.4, 0.5) is 11.4 Å². The summed E-state index contributed by atoms with van der Waals surface area (Å²) in [5.41, 5.74) is 4.45. The second-order valence-electron chi connectivity index (χ2n) is 7.13. The zero-order valence-corrected chi connectivity index (χ0v) is 16.9. The number of benzene rings is 2.